The summed E-state index contributed by atoms with van der Waals surface area (Å²) >= 11 is 15.2. The summed E-state index contributed by atoms with van der Waals surface area (Å²) in [5, 5.41) is 1.17. The fourth-order valence-electron chi connectivity index (χ4n) is 1.54. The highest BCUT2D eigenvalue weighted by atomic mass is 79.9. The van der Waals surface area contributed by atoms with E-state index in [1.165, 1.54) is 0 Å². The molecule has 0 N–H and O–H groups in total. The molecule has 0 atom stereocenters. The zero-order chi connectivity index (χ0) is 13.3. The number of hydrogen-bond acceptors (Lipinski definition) is 1. The number of ketones is 1. The first-order valence-electron chi connectivity index (χ1n) is 5.25. The summed E-state index contributed by atoms with van der Waals surface area (Å²) in [6.07, 6.45) is 0. The van der Waals surface area contributed by atoms with Crippen LogP contribution in [0.1, 0.15) is 21.5 Å². The monoisotopic (exact) mass is 342 g/mol. The van der Waals surface area contributed by atoms with Gasteiger partial charge in [0.05, 0.1) is 5.02 Å². The molecule has 4 heteroatoms. The SMILES string of the molecule is Cc1ccc(C(=O)c2ccc(Cl)c(Br)c2)cc1Cl. The standard InChI is InChI=1S/C14H9BrCl2O/c1-8-2-3-10(7-13(8)17)14(18)9-4-5-12(16)11(15)6-9/h2-7H,1H3. The van der Waals surface area contributed by atoms with Crippen LogP contribution in [-0.4, -0.2) is 5.78 Å². The average Bonchev–Trinajstić information content (AvgIpc) is 2.35. The van der Waals surface area contributed by atoms with Crippen molar-refractivity contribution in [2.24, 2.45) is 0 Å². The molecule has 0 amide bonds. The molecule has 0 fully saturated rings. The van der Waals surface area contributed by atoms with E-state index in [1.54, 1.807) is 30.3 Å². The lowest BCUT2D eigenvalue weighted by Gasteiger charge is -2.05. The third kappa shape index (κ3) is 2.77. The van der Waals surface area contributed by atoms with Crippen molar-refractivity contribution in [3.05, 3.63) is 67.6 Å². The number of halogens is 3. The molecule has 0 heterocycles. The van der Waals surface area contributed by atoms with Crippen LogP contribution in [-0.2, 0) is 0 Å². The molecule has 0 bridgehead atoms. The molecule has 18 heavy (non-hydrogen) atoms. The van der Waals surface area contributed by atoms with Gasteiger partial charge in [0.15, 0.2) is 5.78 Å². The maximum Gasteiger partial charge on any atom is 0.193 e. The van der Waals surface area contributed by atoms with Crippen molar-refractivity contribution in [2.45, 2.75) is 6.92 Å². The van der Waals surface area contributed by atoms with E-state index in [0.29, 0.717) is 25.6 Å². The Morgan fingerprint density at radius 3 is 2.22 bits per heavy atom. The third-order valence-electron chi connectivity index (χ3n) is 2.62. The van der Waals surface area contributed by atoms with Crippen molar-refractivity contribution in [1.29, 1.82) is 0 Å². The van der Waals surface area contributed by atoms with Gasteiger partial charge in [-0.2, -0.15) is 0 Å². The molecule has 0 spiro atoms. The minimum atomic E-state index is -0.0748. The van der Waals surface area contributed by atoms with Crippen LogP contribution in [0.15, 0.2) is 40.9 Å². The number of aryl methyl sites for hydroxylation is 1. The van der Waals surface area contributed by atoms with E-state index in [2.05, 4.69) is 15.9 Å². The van der Waals surface area contributed by atoms with Gasteiger partial charge in [0.1, 0.15) is 0 Å². The first kappa shape index (κ1) is 13.6. The van der Waals surface area contributed by atoms with Gasteiger partial charge in [-0.15, -0.1) is 0 Å². The van der Waals surface area contributed by atoms with Crippen LogP contribution in [0.2, 0.25) is 10.0 Å². The second-order valence-corrected chi connectivity index (χ2v) is 5.59. The Morgan fingerprint density at radius 2 is 1.61 bits per heavy atom. The van der Waals surface area contributed by atoms with Gasteiger partial charge in [-0.25, -0.2) is 0 Å². The summed E-state index contributed by atoms with van der Waals surface area (Å²) in [4.78, 5) is 12.3. The summed E-state index contributed by atoms with van der Waals surface area (Å²) in [6.45, 7) is 1.90. The van der Waals surface area contributed by atoms with Crippen molar-refractivity contribution >= 4 is 44.9 Å². The van der Waals surface area contributed by atoms with Crippen LogP contribution < -0.4 is 0 Å². The lowest BCUT2D eigenvalue weighted by Crippen LogP contribution is -2.01. The highest BCUT2D eigenvalue weighted by molar-refractivity contribution is 9.10. The van der Waals surface area contributed by atoms with Crippen molar-refractivity contribution in [3.63, 3.8) is 0 Å². The Hall–Kier alpha value is -0.830. The van der Waals surface area contributed by atoms with Crippen LogP contribution in [0, 0.1) is 6.92 Å². The predicted molar refractivity (Wildman–Crippen MR) is 78.8 cm³/mol. The summed E-state index contributed by atoms with van der Waals surface area (Å²) in [5.74, 6) is -0.0748. The van der Waals surface area contributed by atoms with E-state index in [0.717, 1.165) is 5.56 Å². The van der Waals surface area contributed by atoms with Crippen molar-refractivity contribution in [2.75, 3.05) is 0 Å². The average molecular weight is 344 g/mol. The van der Waals surface area contributed by atoms with Gasteiger partial charge >= 0.3 is 0 Å². The number of hydrogen-bond donors (Lipinski definition) is 0. The molecule has 0 radical (unpaired) electrons. The maximum atomic E-state index is 12.3. The zero-order valence-corrected chi connectivity index (χ0v) is 12.6. The van der Waals surface area contributed by atoms with Crippen LogP contribution in [0.4, 0.5) is 0 Å². The summed E-state index contributed by atoms with van der Waals surface area (Å²) < 4.78 is 0.702. The van der Waals surface area contributed by atoms with Gasteiger partial charge < -0.3 is 0 Å². The highest BCUT2D eigenvalue weighted by Crippen LogP contribution is 2.25. The first-order chi connectivity index (χ1) is 8.49. The fraction of sp³-hybridized carbons (Fsp3) is 0.0714. The molecule has 1 nitrogen and oxygen atoms in total. The third-order valence-corrected chi connectivity index (χ3v) is 4.24. The van der Waals surface area contributed by atoms with Crippen LogP contribution in [0.3, 0.4) is 0 Å². The molecule has 0 aliphatic carbocycles. The number of rotatable bonds is 2. The molecular formula is C14H9BrCl2O. The quantitative estimate of drug-likeness (QED) is 0.676. The van der Waals surface area contributed by atoms with Gasteiger partial charge in [-0.05, 0) is 52.7 Å². The Balaban J connectivity index is 2.41. The van der Waals surface area contributed by atoms with Crippen LogP contribution >= 0.6 is 39.1 Å². The molecule has 0 aromatic heterocycles. The largest absolute Gasteiger partial charge is 0.289 e. The van der Waals surface area contributed by atoms with Crippen molar-refractivity contribution < 1.29 is 4.79 Å². The second kappa shape index (κ2) is 5.43. The Kier molecular flexibility index (Phi) is 4.10. The lowest BCUT2D eigenvalue weighted by atomic mass is 10.0. The van der Waals surface area contributed by atoms with Crippen LogP contribution in [0.25, 0.3) is 0 Å². The van der Waals surface area contributed by atoms with E-state index < -0.39 is 0 Å². The first-order valence-corrected chi connectivity index (χ1v) is 6.80. The molecule has 0 aliphatic heterocycles. The molecule has 2 rings (SSSR count). The van der Waals surface area contributed by atoms with Gasteiger partial charge in [-0.3, -0.25) is 4.79 Å². The molecular weight excluding hydrogens is 335 g/mol. The Bertz CT molecular complexity index is 570. The van der Waals surface area contributed by atoms with Crippen LogP contribution in [0.5, 0.6) is 0 Å². The minimum Gasteiger partial charge on any atom is -0.289 e. The summed E-state index contributed by atoms with van der Waals surface area (Å²) in [7, 11) is 0. The molecule has 0 unspecified atom stereocenters. The van der Waals surface area contributed by atoms with E-state index in [-0.39, 0.29) is 5.78 Å². The number of carbonyl (C=O) groups excluding carboxylic acids is 1. The zero-order valence-electron chi connectivity index (χ0n) is 9.51. The summed E-state index contributed by atoms with van der Waals surface area (Å²) in [6, 6.07) is 10.4. The molecule has 92 valence electrons. The predicted octanol–water partition coefficient (Wildman–Crippen LogP) is 5.30. The highest BCUT2D eigenvalue weighted by Gasteiger charge is 2.11. The van der Waals surface area contributed by atoms with Gasteiger partial charge in [-0.1, -0.05) is 35.3 Å². The number of carbonyl (C=O) groups is 1. The number of benzene rings is 2. The molecule has 0 aliphatic rings. The van der Waals surface area contributed by atoms with E-state index in [1.807, 2.05) is 13.0 Å². The normalized spacial score (nSPS) is 10.4. The Labute approximate surface area is 124 Å². The topological polar surface area (TPSA) is 17.1 Å². The van der Waals surface area contributed by atoms with Gasteiger partial charge in [0, 0.05) is 20.6 Å². The summed E-state index contributed by atoms with van der Waals surface area (Å²) in [5.41, 5.74) is 2.09. The molecule has 0 saturated carbocycles. The maximum absolute atomic E-state index is 12.3. The molecule has 2 aromatic rings. The molecule has 2 aromatic carbocycles. The van der Waals surface area contributed by atoms with Crippen molar-refractivity contribution in [1.82, 2.24) is 0 Å². The van der Waals surface area contributed by atoms with E-state index in [4.69, 9.17) is 23.2 Å². The minimum absolute atomic E-state index is 0.0748. The smallest absolute Gasteiger partial charge is 0.193 e. The molecule has 0 saturated heterocycles. The van der Waals surface area contributed by atoms with Gasteiger partial charge in [0.25, 0.3) is 0 Å². The van der Waals surface area contributed by atoms with E-state index in [9.17, 15) is 4.79 Å². The van der Waals surface area contributed by atoms with Gasteiger partial charge in [0.2, 0.25) is 0 Å². The lowest BCUT2D eigenvalue weighted by molar-refractivity contribution is 0.103. The Morgan fingerprint density at radius 1 is 1.00 bits per heavy atom. The van der Waals surface area contributed by atoms with E-state index >= 15 is 0 Å². The van der Waals surface area contributed by atoms with Crippen molar-refractivity contribution in [3.8, 4) is 0 Å². The fourth-order valence-corrected chi connectivity index (χ4v) is 2.22. The second-order valence-electron chi connectivity index (χ2n) is 3.92.